The molecule has 34 heavy (non-hydrogen) atoms. The summed E-state index contributed by atoms with van der Waals surface area (Å²) in [6.45, 7) is 4.50. The molecule has 0 aliphatic carbocycles. The van der Waals surface area contributed by atoms with Gasteiger partial charge >= 0.3 is 6.01 Å². The first-order valence-corrected chi connectivity index (χ1v) is 11.1. The van der Waals surface area contributed by atoms with Crippen molar-refractivity contribution in [2.24, 2.45) is 0 Å². The molecule has 5 heterocycles. The van der Waals surface area contributed by atoms with E-state index in [1.165, 1.54) is 6.07 Å². The van der Waals surface area contributed by atoms with Crippen molar-refractivity contribution in [3.05, 3.63) is 48.2 Å². The number of pyridine rings is 2. The molecule has 1 aliphatic rings. The van der Waals surface area contributed by atoms with Crippen LogP contribution < -0.4 is 15.2 Å². The molecule has 0 saturated carbocycles. The summed E-state index contributed by atoms with van der Waals surface area (Å²) in [6.07, 6.45) is 5.56. The summed E-state index contributed by atoms with van der Waals surface area (Å²) in [6, 6.07) is 5.31. The summed E-state index contributed by atoms with van der Waals surface area (Å²) in [5.74, 6) is 0.761. The molecule has 0 amide bonds. The third kappa shape index (κ3) is 4.46. The Labute approximate surface area is 195 Å². The van der Waals surface area contributed by atoms with Crippen LogP contribution in [0.3, 0.4) is 0 Å². The Morgan fingerprint density at radius 1 is 1.18 bits per heavy atom. The lowest BCUT2D eigenvalue weighted by Gasteiger charge is -2.13. The number of rotatable bonds is 7. The predicted molar refractivity (Wildman–Crippen MR) is 124 cm³/mol. The number of nitrogens with two attached hydrogens (primary N) is 1. The van der Waals surface area contributed by atoms with Crippen molar-refractivity contribution in [3.8, 4) is 23.3 Å². The zero-order chi connectivity index (χ0) is 23.7. The number of ether oxygens (including phenoxy) is 2. The monoisotopic (exact) mass is 464 g/mol. The number of hydrogen-bond acceptors (Lipinski definition) is 9. The van der Waals surface area contributed by atoms with Crippen LogP contribution in [0, 0.1) is 5.82 Å². The van der Waals surface area contributed by atoms with Crippen LogP contribution in [0.4, 0.5) is 10.2 Å². The second kappa shape index (κ2) is 9.18. The van der Waals surface area contributed by atoms with Crippen molar-refractivity contribution in [2.75, 3.05) is 32.5 Å². The van der Waals surface area contributed by atoms with Crippen molar-refractivity contribution in [2.45, 2.75) is 26.0 Å². The predicted octanol–water partition coefficient (Wildman–Crippen LogP) is 2.53. The molecule has 1 atom stereocenters. The zero-order valence-corrected chi connectivity index (χ0v) is 19.0. The van der Waals surface area contributed by atoms with Crippen LogP contribution in [0.5, 0.6) is 11.9 Å². The molecular formula is C23H25FN8O2. The van der Waals surface area contributed by atoms with E-state index in [2.05, 4.69) is 36.9 Å². The SMILES string of the molecule is CCOc1nc(N)c2nc(-c3cncc(F)c3)n(Cc3ccc(O[C@@H]4CCN(C)C4)nc3)c2n1. The minimum atomic E-state index is -0.467. The van der Waals surface area contributed by atoms with Gasteiger partial charge in [0.25, 0.3) is 0 Å². The largest absolute Gasteiger partial charge is 0.473 e. The smallest absolute Gasteiger partial charge is 0.320 e. The van der Waals surface area contributed by atoms with E-state index in [1.54, 1.807) is 12.4 Å². The highest BCUT2D eigenvalue weighted by molar-refractivity contribution is 5.85. The minimum Gasteiger partial charge on any atom is -0.473 e. The molecule has 10 nitrogen and oxygen atoms in total. The van der Waals surface area contributed by atoms with Crippen molar-refractivity contribution < 1.29 is 13.9 Å². The number of nitrogens with zero attached hydrogens (tertiary/aromatic N) is 7. The Hall–Kier alpha value is -3.86. The van der Waals surface area contributed by atoms with Crippen LogP contribution in [-0.2, 0) is 6.54 Å². The van der Waals surface area contributed by atoms with E-state index in [9.17, 15) is 4.39 Å². The molecule has 4 aromatic rings. The van der Waals surface area contributed by atoms with Gasteiger partial charge in [0, 0.05) is 37.1 Å². The van der Waals surface area contributed by atoms with E-state index in [0.29, 0.717) is 41.6 Å². The second-order valence-electron chi connectivity index (χ2n) is 8.21. The fourth-order valence-corrected chi connectivity index (χ4v) is 4.02. The first-order chi connectivity index (χ1) is 16.5. The highest BCUT2D eigenvalue weighted by Gasteiger charge is 2.22. The van der Waals surface area contributed by atoms with Crippen LogP contribution in [0.1, 0.15) is 18.9 Å². The Morgan fingerprint density at radius 2 is 2.06 bits per heavy atom. The molecule has 1 saturated heterocycles. The number of imidazole rings is 1. The standard InChI is InChI=1S/C23H25FN8O2/c1-3-33-23-29-20(25)19-22(30-23)32(21(28-19)15-8-16(24)11-26-10-15)12-14-4-5-18(27-9-14)34-17-6-7-31(2)13-17/h4-5,8-11,17H,3,6-7,12-13H2,1-2H3,(H2,25,29,30)/t17-/m1/s1. The number of nitrogen functional groups attached to an aromatic ring is 1. The summed E-state index contributed by atoms with van der Waals surface area (Å²) in [7, 11) is 2.08. The van der Waals surface area contributed by atoms with E-state index in [0.717, 1.165) is 31.3 Å². The lowest BCUT2D eigenvalue weighted by Crippen LogP contribution is -2.21. The summed E-state index contributed by atoms with van der Waals surface area (Å²) in [5, 5.41) is 0. The quantitative estimate of drug-likeness (QED) is 0.440. The van der Waals surface area contributed by atoms with Gasteiger partial charge in [-0.05, 0) is 32.0 Å². The zero-order valence-electron chi connectivity index (χ0n) is 19.0. The molecule has 4 aromatic heterocycles. The molecule has 5 rings (SSSR count). The van der Waals surface area contributed by atoms with Gasteiger partial charge in [-0.1, -0.05) is 6.07 Å². The number of halogens is 1. The maximum atomic E-state index is 13.9. The average Bonchev–Trinajstić information content (AvgIpc) is 3.39. The molecule has 0 spiro atoms. The summed E-state index contributed by atoms with van der Waals surface area (Å²) >= 11 is 0. The summed E-state index contributed by atoms with van der Waals surface area (Å²) in [5.41, 5.74) is 8.41. The van der Waals surface area contributed by atoms with Crippen LogP contribution >= 0.6 is 0 Å². The van der Waals surface area contributed by atoms with Crippen molar-refractivity contribution in [1.29, 1.82) is 0 Å². The lowest BCUT2D eigenvalue weighted by molar-refractivity contribution is 0.200. The van der Waals surface area contributed by atoms with E-state index < -0.39 is 5.82 Å². The normalized spacial score (nSPS) is 16.3. The van der Waals surface area contributed by atoms with Crippen LogP contribution in [0.2, 0.25) is 0 Å². The number of likely N-dealkylation sites (tertiary alicyclic amines) is 1. The third-order valence-electron chi connectivity index (χ3n) is 5.61. The van der Waals surface area contributed by atoms with E-state index in [4.69, 9.17) is 15.2 Å². The summed E-state index contributed by atoms with van der Waals surface area (Å²) in [4.78, 5) is 24.0. The number of likely N-dealkylation sites (N-methyl/N-ethyl adjacent to an activating group) is 1. The van der Waals surface area contributed by atoms with Gasteiger partial charge in [-0.2, -0.15) is 9.97 Å². The lowest BCUT2D eigenvalue weighted by atomic mass is 10.2. The van der Waals surface area contributed by atoms with Crippen LogP contribution in [0.15, 0.2) is 36.8 Å². The first kappa shape index (κ1) is 22.0. The van der Waals surface area contributed by atoms with E-state index in [1.807, 2.05) is 23.6 Å². The average molecular weight is 465 g/mol. The van der Waals surface area contributed by atoms with Gasteiger partial charge < -0.3 is 24.7 Å². The molecule has 11 heteroatoms. The summed E-state index contributed by atoms with van der Waals surface area (Å²) < 4.78 is 27.2. The molecule has 2 N–H and O–H groups in total. The van der Waals surface area contributed by atoms with Gasteiger partial charge in [-0.15, -0.1) is 0 Å². The van der Waals surface area contributed by atoms with E-state index >= 15 is 0 Å². The van der Waals surface area contributed by atoms with Crippen molar-refractivity contribution in [1.82, 2.24) is 34.4 Å². The number of aromatic nitrogens is 6. The molecule has 1 fully saturated rings. The molecule has 0 radical (unpaired) electrons. The molecular weight excluding hydrogens is 439 g/mol. The third-order valence-corrected chi connectivity index (χ3v) is 5.61. The molecule has 0 aromatic carbocycles. The number of anilines is 1. The van der Waals surface area contributed by atoms with Gasteiger partial charge in [0.15, 0.2) is 17.0 Å². The number of hydrogen-bond donors (Lipinski definition) is 1. The topological polar surface area (TPSA) is 117 Å². The highest BCUT2D eigenvalue weighted by atomic mass is 19.1. The van der Waals surface area contributed by atoms with Crippen LogP contribution in [0.25, 0.3) is 22.6 Å². The Bertz CT molecular complexity index is 1310. The van der Waals surface area contributed by atoms with Crippen molar-refractivity contribution in [3.63, 3.8) is 0 Å². The maximum absolute atomic E-state index is 13.9. The molecule has 0 bridgehead atoms. The minimum absolute atomic E-state index is 0.143. The van der Waals surface area contributed by atoms with Crippen molar-refractivity contribution >= 4 is 17.0 Å². The second-order valence-corrected chi connectivity index (χ2v) is 8.21. The van der Waals surface area contributed by atoms with E-state index in [-0.39, 0.29) is 17.9 Å². The number of fused-ring (bicyclic) bond motifs is 1. The van der Waals surface area contributed by atoms with Crippen LogP contribution in [-0.4, -0.2) is 67.2 Å². The molecule has 176 valence electrons. The van der Waals surface area contributed by atoms with Gasteiger partial charge in [0.2, 0.25) is 5.88 Å². The Balaban J connectivity index is 1.51. The van der Waals surface area contributed by atoms with Gasteiger partial charge in [-0.25, -0.2) is 14.4 Å². The van der Waals surface area contributed by atoms with Gasteiger partial charge in [-0.3, -0.25) is 4.98 Å². The Morgan fingerprint density at radius 3 is 2.76 bits per heavy atom. The van der Waals surface area contributed by atoms with Gasteiger partial charge in [0.05, 0.1) is 19.3 Å². The first-order valence-electron chi connectivity index (χ1n) is 11.1. The highest BCUT2D eigenvalue weighted by Crippen LogP contribution is 2.29. The maximum Gasteiger partial charge on any atom is 0.320 e. The Kier molecular flexibility index (Phi) is 5.93. The molecule has 1 aliphatic heterocycles. The van der Waals surface area contributed by atoms with Gasteiger partial charge in [0.1, 0.15) is 17.7 Å². The molecule has 0 unspecified atom stereocenters. The fraction of sp³-hybridized carbons (Fsp3) is 0.348. The fourth-order valence-electron chi connectivity index (χ4n) is 4.02.